The first kappa shape index (κ1) is 41.2. The molecule has 0 radical (unpaired) electrons. The van der Waals surface area contributed by atoms with Crippen LogP contribution >= 0.6 is 0 Å². The van der Waals surface area contributed by atoms with Gasteiger partial charge in [0.05, 0.1) is 0 Å². The summed E-state index contributed by atoms with van der Waals surface area (Å²) < 4.78 is 307. The van der Waals surface area contributed by atoms with E-state index >= 15 is 35.1 Å². The van der Waals surface area contributed by atoms with Crippen LogP contribution in [-0.4, -0.2) is 13.0 Å². The molecule has 5 rings (SSSR count). The van der Waals surface area contributed by atoms with E-state index in [1.54, 1.807) is 24.5 Å². The number of hydrogen-bond donors (Lipinski definition) is 0. The molecule has 288 valence electrons. The van der Waals surface area contributed by atoms with Crippen LogP contribution in [0.3, 0.4) is 0 Å². The Kier molecular flexibility index (Phi) is 11.5. The third-order valence-electron chi connectivity index (χ3n) is 7.59. The average Bonchev–Trinajstić information content (AvgIpc) is 3.15. The molecule has 0 aliphatic carbocycles. The second-order valence-electron chi connectivity index (χ2n) is 10.3. The smallest absolute Gasteiger partial charge is 0.238 e. The standard InChI is InChI=1S/C24BF20.C6H7FNO/c26-5-1(6(27)14(35)21(42)13(5)34)25(2-7(28)15(36)22(43)16(37)8(2)29,3-9(30)17(38)23(44)18(39)10(3)31)4-11(32)19(40)24(45)20(41)12(4)33;7-6-9-8-4-2-1-3-5-8/h;1-5H,6H2/q-1;+1. The minimum absolute atomic E-state index is 0.797. The van der Waals surface area contributed by atoms with Crippen LogP contribution in [0, 0.1) is 116 Å². The molecule has 1 aromatic heterocycles. The molecule has 0 saturated carbocycles. The van der Waals surface area contributed by atoms with E-state index in [0.29, 0.717) is 0 Å². The van der Waals surface area contributed by atoms with Crippen molar-refractivity contribution >= 4 is 28.0 Å². The van der Waals surface area contributed by atoms with Crippen molar-refractivity contribution in [2.75, 3.05) is 6.86 Å². The van der Waals surface area contributed by atoms with Crippen molar-refractivity contribution in [2.45, 2.75) is 0 Å². The Hall–Kier alpha value is -5.58. The predicted octanol–water partition coefficient (Wildman–Crippen LogP) is 6.18. The molecule has 0 bridgehead atoms. The molecule has 24 heteroatoms. The van der Waals surface area contributed by atoms with E-state index in [1.807, 2.05) is 6.07 Å². The van der Waals surface area contributed by atoms with E-state index in [1.165, 1.54) is 4.73 Å². The van der Waals surface area contributed by atoms with Crippen LogP contribution in [0.15, 0.2) is 30.6 Å². The molecule has 0 spiro atoms. The van der Waals surface area contributed by atoms with Gasteiger partial charge in [0.15, 0.2) is 69.8 Å². The van der Waals surface area contributed by atoms with Crippen molar-refractivity contribution in [2.24, 2.45) is 0 Å². The topological polar surface area (TPSA) is 13.1 Å². The Bertz CT molecular complexity index is 1920. The highest BCUT2D eigenvalue weighted by Gasteiger charge is 2.52. The Labute approximate surface area is 284 Å². The fourth-order valence-electron chi connectivity index (χ4n) is 5.40. The maximum Gasteiger partial charge on any atom is 0.297 e. The van der Waals surface area contributed by atoms with E-state index in [-0.39, 0.29) is 0 Å². The lowest BCUT2D eigenvalue weighted by Gasteiger charge is -2.44. The average molecular weight is 807 g/mol. The fraction of sp³-hybridized carbons (Fsp3) is 0.0333. The zero-order valence-electron chi connectivity index (χ0n) is 25.0. The first-order valence-corrected chi connectivity index (χ1v) is 13.5. The molecule has 0 N–H and O–H groups in total. The van der Waals surface area contributed by atoms with Crippen molar-refractivity contribution in [1.29, 1.82) is 0 Å². The third kappa shape index (κ3) is 6.09. The number of nitrogens with zero attached hydrogens (tertiary/aromatic N) is 1. The zero-order chi connectivity index (χ0) is 40.9. The molecule has 2 nitrogen and oxygen atoms in total. The largest absolute Gasteiger partial charge is 0.297 e. The number of rotatable bonds is 6. The second-order valence-corrected chi connectivity index (χ2v) is 10.3. The highest BCUT2D eigenvalue weighted by Crippen LogP contribution is 2.30. The summed E-state index contributed by atoms with van der Waals surface area (Å²) in [7, 11) is 0. The molecule has 0 amide bonds. The third-order valence-corrected chi connectivity index (χ3v) is 7.59. The van der Waals surface area contributed by atoms with E-state index < -0.39 is 151 Å². The van der Waals surface area contributed by atoms with Crippen LogP contribution in [0.4, 0.5) is 92.2 Å². The lowest BCUT2D eigenvalue weighted by molar-refractivity contribution is -0.895. The molecular weight excluding hydrogens is 800 g/mol. The summed E-state index contributed by atoms with van der Waals surface area (Å²) in [6.45, 7) is -0.797. The van der Waals surface area contributed by atoms with Gasteiger partial charge in [-0.25, -0.2) is 92.6 Å². The number of alkyl halides is 1. The van der Waals surface area contributed by atoms with E-state index in [0.717, 1.165) is 0 Å². The summed E-state index contributed by atoms with van der Waals surface area (Å²) in [5, 5.41) is 0. The number of pyridine rings is 1. The van der Waals surface area contributed by atoms with Crippen LogP contribution in [0.25, 0.3) is 0 Å². The molecule has 0 aliphatic heterocycles. The van der Waals surface area contributed by atoms with Crippen LogP contribution in [0.1, 0.15) is 0 Å². The Balaban J connectivity index is 0.000000631. The van der Waals surface area contributed by atoms with Crippen LogP contribution in [0.5, 0.6) is 0 Å². The Morgan fingerprint density at radius 2 is 0.500 bits per heavy atom. The van der Waals surface area contributed by atoms with Crippen LogP contribution in [0.2, 0.25) is 0 Å². The molecule has 4 aromatic carbocycles. The first-order valence-electron chi connectivity index (χ1n) is 13.5. The van der Waals surface area contributed by atoms with Gasteiger partial charge in [0.1, 0.15) is 52.7 Å². The van der Waals surface area contributed by atoms with Crippen molar-refractivity contribution < 1.29 is 102 Å². The van der Waals surface area contributed by atoms with Gasteiger partial charge in [0, 0.05) is 16.9 Å². The van der Waals surface area contributed by atoms with Gasteiger partial charge in [-0.05, 0) is 0 Å². The second kappa shape index (κ2) is 15.0. The lowest BCUT2D eigenvalue weighted by atomic mass is 9.12. The quantitative estimate of drug-likeness (QED) is 0.0658. The van der Waals surface area contributed by atoms with Crippen LogP contribution < -0.4 is 31.4 Å². The maximum absolute atomic E-state index is 15.4. The molecule has 0 aliphatic rings. The monoisotopic (exact) mass is 807 g/mol. The van der Waals surface area contributed by atoms with Crippen molar-refractivity contribution in [3.63, 3.8) is 0 Å². The number of benzene rings is 4. The van der Waals surface area contributed by atoms with Gasteiger partial charge in [-0.15, -0.1) is 21.9 Å². The summed E-state index contributed by atoms with van der Waals surface area (Å²) in [4.78, 5) is 4.46. The van der Waals surface area contributed by atoms with Gasteiger partial charge in [-0.3, -0.25) is 0 Å². The fourth-order valence-corrected chi connectivity index (χ4v) is 5.40. The van der Waals surface area contributed by atoms with Gasteiger partial charge in [0.25, 0.3) is 6.86 Å². The summed E-state index contributed by atoms with van der Waals surface area (Å²) in [6, 6.07) is 5.35. The molecule has 1 heterocycles. The predicted molar refractivity (Wildman–Crippen MR) is 138 cm³/mol. The summed E-state index contributed by atoms with van der Waals surface area (Å²) in [6.07, 6.45) is -3.97. The maximum atomic E-state index is 15.4. The SMILES string of the molecule is FCO[n+]1ccccc1.Fc1c(F)c(F)c([B-](c2c(F)c(F)c(F)c(F)c2F)(c2c(F)c(F)c(F)c(F)c2F)c2c(F)c(F)c(F)c(F)c2F)c(F)c1F. The highest BCUT2D eigenvalue weighted by atomic mass is 19.2. The summed E-state index contributed by atoms with van der Waals surface area (Å²) >= 11 is 0. The van der Waals surface area contributed by atoms with Gasteiger partial charge in [-0.1, -0.05) is 6.07 Å². The lowest BCUT2D eigenvalue weighted by Crippen LogP contribution is -2.81. The van der Waals surface area contributed by atoms with Crippen molar-refractivity contribution in [3.05, 3.63) is 147 Å². The zero-order valence-corrected chi connectivity index (χ0v) is 25.0. The van der Waals surface area contributed by atoms with Crippen LogP contribution in [-0.2, 0) is 0 Å². The normalized spacial score (nSPS) is 11.5. The number of halogens is 21. The molecule has 0 unspecified atom stereocenters. The molecular formula is C30H7BF21NO. The van der Waals surface area contributed by atoms with E-state index in [4.69, 9.17) is 0 Å². The van der Waals surface area contributed by atoms with Gasteiger partial charge in [0.2, 0.25) is 12.4 Å². The van der Waals surface area contributed by atoms with Gasteiger partial charge in [-0.2, -0.15) is 4.39 Å². The molecule has 0 atom stereocenters. The minimum Gasteiger partial charge on any atom is -0.238 e. The molecule has 5 aromatic rings. The van der Waals surface area contributed by atoms with Gasteiger partial charge >= 0.3 is 0 Å². The first-order chi connectivity index (χ1) is 25.1. The molecule has 0 fully saturated rings. The van der Waals surface area contributed by atoms with E-state index in [2.05, 4.69) is 4.84 Å². The number of hydrogen-bond acceptors (Lipinski definition) is 1. The van der Waals surface area contributed by atoms with Crippen molar-refractivity contribution in [3.8, 4) is 0 Å². The molecule has 54 heavy (non-hydrogen) atoms. The van der Waals surface area contributed by atoms with E-state index in [9.17, 15) is 57.1 Å². The summed E-state index contributed by atoms with van der Waals surface area (Å²) in [5.74, 6) is -71.4. The summed E-state index contributed by atoms with van der Waals surface area (Å²) in [5.41, 5.74) is -14.3. The Morgan fingerprint density at radius 1 is 0.315 bits per heavy atom. The highest BCUT2D eigenvalue weighted by molar-refractivity contribution is 7.20. The number of aromatic nitrogens is 1. The van der Waals surface area contributed by atoms with Crippen molar-refractivity contribution in [1.82, 2.24) is 0 Å². The minimum atomic E-state index is -7.22. The van der Waals surface area contributed by atoms with Gasteiger partial charge < -0.3 is 0 Å². The molecule has 0 saturated heterocycles. The Morgan fingerprint density at radius 3 is 0.685 bits per heavy atom.